The number of rotatable bonds is 3. The Morgan fingerprint density at radius 3 is 2.74 bits per heavy atom. The molecule has 0 atom stereocenters. The number of carbonyl (C=O) groups excluding carboxylic acids is 2. The molecular weight excluding hydrogens is 306 g/mol. The summed E-state index contributed by atoms with van der Waals surface area (Å²) in [5.41, 5.74) is -0.216. The fourth-order valence-electron chi connectivity index (χ4n) is 2.64. The second-order valence-corrected chi connectivity index (χ2v) is 5.91. The summed E-state index contributed by atoms with van der Waals surface area (Å²) < 4.78 is 10.5. The van der Waals surface area contributed by atoms with Gasteiger partial charge in [-0.3, -0.25) is 19.8 Å². The molecule has 1 fully saturated rings. The summed E-state index contributed by atoms with van der Waals surface area (Å²) in [6.45, 7) is 3.29. The second kappa shape index (κ2) is 5.20. The Balaban J connectivity index is 1.99. The number of non-ortho nitro benzene ring substituents is 1. The van der Waals surface area contributed by atoms with E-state index in [1.165, 1.54) is 12.1 Å². The van der Waals surface area contributed by atoms with Gasteiger partial charge in [-0.15, -0.1) is 0 Å². The summed E-state index contributed by atoms with van der Waals surface area (Å²) in [4.78, 5) is 35.8. The molecule has 122 valence electrons. The number of nitro groups is 1. The fraction of sp³-hybridized carbons (Fsp3) is 0.429. The van der Waals surface area contributed by atoms with Crippen molar-refractivity contribution in [1.82, 2.24) is 10.2 Å². The molecule has 0 unspecified atom stereocenters. The SMILES string of the molecule is CC1(C)NC(=O)N(Cc2cc([N+](=O)[O-])cc3c2OCOC3)C1=O. The van der Waals surface area contributed by atoms with Gasteiger partial charge in [0.2, 0.25) is 0 Å². The maximum Gasteiger partial charge on any atom is 0.325 e. The van der Waals surface area contributed by atoms with E-state index < -0.39 is 22.4 Å². The number of carbonyl (C=O) groups is 2. The molecule has 3 amide bonds. The highest BCUT2D eigenvalue weighted by Gasteiger charge is 2.44. The van der Waals surface area contributed by atoms with Crippen molar-refractivity contribution in [3.63, 3.8) is 0 Å². The highest BCUT2D eigenvalue weighted by molar-refractivity contribution is 6.06. The average molecular weight is 321 g/mol. The molecule has 0 aromatic heterocycles. The van der Waals surface area contributed by atoms with Gasteiger partial charge in [0.05, 0.1) is 18.1 Å². The van der Waals surface area contributed by atoms with Crippen molar-refractivity contribution < 1.29 is 24.0 Å². The van der Waals surface area contributed by atoms with Crippen LogP contribution in [0.15, 0.2) is 12.1 Å². The van der Waals surface area contributed by atoms with Crippen molar-refractivity contribution >= 4 is 17.6 Å². The molecule has 23 heavy (non-hydrogen) atoms. The summed E-state index contributed by atoms with van der Waals surface area (Å²) in [6.07, 6.45) is 0. The molecule has 9 nitrogen and oxygen atoms in total. The molecule has 0 radical (unpaired) electrons. The lowest BCUT2D eigenvalue weighted by Gasteiger charge is -2.22. The lowest BCUT2D eigenvalue weighted by molar-refractivity contribution is -0.385. The highest BCUT2D eigenvalue weighted by Crippen LogP contribution is 2.34. The van der Waals surface area contributed by atoms with Crippen molar-refractivity contribution in [2.24, 2.45) is 0 Å². The third kappa shape index (κ3) is 2.59. The van der Waals surface area contributed by atoms with Gasteiger partial charge in [-0.2, -0.15) is 0 Å². The number of nitrogens with one attached hydrogen (secondary N) is 1. The summed E-state index contributed by atoms with van der Waals surface area (Å²) >= 11 is 0. The molecule has 1 aromatic carbocycles. The van der Waals surface area contributed by atoms with Gasteiger partial charge >= 0.3 is 6.03 Å². The number of amides is 3. The summed E-state index contributed by atoms with van der Waals surface area (Å²) in [5, 5.41) is 13.6. The third-order valence-corrected chi connectivity index (χ3v) is 3.76. The van der Waals surface area contributed by atoms with E-state index in [-0.39, 0.29) is 25.6 Å². The van der Waals surface area contributed by atoms with Gasteiger partial charge in [-0.1, -0.05) is 0 Å². The molecule has 0 saturated carbocycles. The second-order valence-electron chi connectivity index (χ2n) is 5.91. The van der Waals surface area contributed by atoms with Crippen LogP contribution in [0.5, 0.6) is 5.75 Å². The van der Waals surface area contributed by atoms with Gasteiger partial charge in [-0.05, 0) is 13.8 Å². The lowest BCUT2D eigenvalue weighted by Crippen LogP contribution is -2.40. The molecular formula is C14H15N3O6. The highest BCUT2D eigenvalue weighted by atomic mass is 16.7. The first kappa shape index (κ1) is 15.2. The maximum absolute atomic E-state index is 12.3. The smallest absolute Gasteiger partial charge is 0.325 e. The maximum atomic E-state index is 12.3. The Morgan fingerprint density at radius 2 is 2.13 bits per heavy atom. The van der Waals surface area contributed by atoms with Crippen LogP contribution in [0.1, 0.15) is 25.0 Å². The predicted octanol–water partition coefficient (Wildman–Crippen LogP) is 1.29. The predicted molar refractivity (Wildman–Crippen MR) is 76.5 cm³/mol. The Kier molecular flexibility index (Phi) is 3.44. The minimum atomic E-state index is -0.998. The summed E-state index contributed by atoms with van der Waals surface area (Å²) in [7, 11) is 0. The average Bonchev–Trinajstić information content (AvgIpc) is 2.69. The number of fused-ring (bicyclic) bond motifs is 1. The monoisotopic (exact) mass is 321 g/mol. The first-order chi connectivity index (χ1) is 10.8. The van der Waals surface area contributed by atoms with Gasteiger partial charge in [-0.25, -0.2) is 4.79 Å². The van der Waals surface area contributed by atoms with Gasteiger partial charge in [0, 0.05) is 23.3 Å². The minimum Gasteiger partial charge on any atom is -0.467 e. The molecule has 2 aliphatic rings. The molecule has 0 bridgehead atoms. The molecule has 1 saturated heterocycles. The van der Waals surface area contributed by atoms with Gasteiger partial charge < -0.3 is 14.8 Å². The zero-order valence-electron chi connectivity index (χ0n) is 12.6. The molecule has 2 heterocycles. The Labute approximate surface area is 131 Å². The molecule has 1 aromatic rings. The van der Waals surface area contributed by atoms with Crippen LogP contribution < -0.4 is 10.1 Å². The van der Waals surface area contributed by atoms with Crippen LogP contribution in [-0.4, -0.2) is 34.1 Å². The standard InChI is InChI=1S/C14H15N3O6/c1-14(2)12(18)16(13(19)15-14)5-8-3-10(17(20)21)4-9-6-22-7-23-11(8)9/h3-4H,5-7H2,1-2H3,(H,15,19). The lowest BCUT2D eigenvalue weighted by atomic mass is 10.0. The largest absolute Gasteiger partial charge is 0.467 e. The number of benzene rings is 1. The number of urea groups is 1. The van der Waals surface area contributed by atoms with Crippen molar-refractivity contribution in [2.75, 3.05) is 6.79 Å². The van der Waals surface area contributed by atoms with Crippen molar-refractivity contribution in [1.29, 1.82) is 0 Å². The number of imide groups is 1. The van der Waals surface area contributed by atoms with E-state index in [1.54, 1.807) is 13.8 Å². The van der Waals surface area contributed by atoms with E-state index in [1.807, 2.05) is 0 Å². The first-order valence-corrected chi connectivity index (χ1v) is 6.94. The van der Waals surface area contributed by atoms with E-state index in [9.17, 15) is 19.7 Å². The third-order valence-electron chi connectivity index (χ3n) is 3.76. The molecule has 3 rings (SSSR count). The van der Waals surface area contributed by atoms with Crippen LogP contribution in [0, 0.1) is 10.1 Å². The van der Waals surface area contributed by atoms with Gasteiger partial charge in [0.15, 0.2) is 6.79 Å². The number of nitro benzene ring substituents is 1. The van der Waals surface area contributed by atoms with Crippen molar-refractivity contribution in [3.05, 3.63) is 33.4 Å². The summed E-state index contributed by atoms with van der Waals surface area (Å²) in [5.74, 6) is 0.0296. The quantitative estimate of drug-likeness (QED) is 0.510. The zero-order valence-corrected chi connectivity index (χ0v) is 12.6. The van der Waals surface area contributed by atoms with E-state index >= 15 is 0 Å². The van der Waals surface area contributed by atoms with Crippen molar-refractivity contribution in [2.45, 2.75) is 32.5 Å². The molecule has 0 spiro atoms. The van der Waals surface area contributed by atoms with Crippen molar-refractivity contribution in [3.8, 4) is 5.75 Å². The van der Waals surface area contributed by atoms with Gasteiger partial charge in [0.1, 0.15) is 11.3 Å². The van der Waals surface area contributed by atoms with Crippen LogP contribution in [0.25, 0.3) is 0 Å². The van der Waals surface area contributed by atoms with Gasteiger partial charge in [0.25, 0.3) is 11.6 Å². The molecule has 0 aliphatic carbocycles. The Morgan fingerprint density at radius 1 is 1.39 bits per heavy atom. The molecule has 1 N–H and O–H groups in total. The topological polar surface area (TPSA) is 111 Å². The van der Waals surface area contributed by atoms with E-state index in [0.717, 1.165) is 4.90 Å². The van der Waals surface area contributed by atoms with Crippen LogP contribution in [0.4, 0.5) is 10.5 Å². The first-order valence-electron chi connectivity index (χ1n) is 6.94. The summed E-state index contributed by atoms with van der Waals surface area (Å²) in [6, 6.07) is 2.15. The minimum absolute atomic E-state index is 0.0173. The van der Waals surface area contributed by atoms with Crippen LogP contribution in [0.2, 0.25) is 0 Å². The van der Waals surface area contributed by atoms with E-state index in [2.05, 4.69) is 5.32 Å². The fourth-order valence-corrected chi connectivity index (χ4v) is 2.64. The van der Waals surface area contributed by atoms with E-state index in [4.69, 9.17) is 9.47 Å². The van der Waals surface area contributed by atoms with Crippen LogP contribution in [0.3, 0.4) is 0 Å². The molecule has 9 heteroatoms. The number of nitrogens with zero attached hydrogens (tertiary/aromatic N) is 2. The molecule has 2 aliphatic heterocycles. The van der Waals surface area contributed by atoms with Crippen LogP contribution in [-0.2, 0) is 22.7 Å². The Hall–Kier alpha value is -2.68. The normalized spacial score (nSPS) is 19.1. The van der Waals surface area contributed by atoms with Crippen LogP contribution >= 0.6 is 0 Å². The van der Waals surface area contributed by atoms with E-state index in [0.29, 0.717) is 16.9 Å². The number of ether oxygens (including phenoxy) is 2. The zero-order chi connectivity index (χ0) is 16.8. The Bertz CT molecular complexity index is 715. The number of hydrogen-bond donors (Lipinski definition) is 1. The number of hydrogen-bond acceptors (Lipinski definition) is 6.